The Hall–Kier alpha value is -2.46. The molecular weight excluding hydrogens is 482 g/mol. The number of hydrogen-bond donors (Lipinski definition) is 2. The minimum absolute atomic E-state index is 0.248. The number of nitrogens with one attached hydrogen (secondary N) is 1. The highest BCUT2D eigenvalue weighted by Gasteiger charge is 2.18. The van der Waals surface area contributed by atoms with Crippen LogP contribution in [0, 0.1) is 0 Å². The monoisotopic (exact) mass is 495 g/mol. The van der Waals surface area contributed by atoms with Crippen LogP contribution < -0.4 is 5.32 Å². The van der Waals surface area contributed by atoms with Crippen LogP contribution in [0.4, 0.5) is 5.82 Å². The summed E-state index contributed by atoms with van der Waals surface area (Å²) in [7, 11) is 0. The van der Waals surface area contributed by atoms with Crippen molar-refractivity contribution < 1.29 is 14.7 Å². The highest BCUT2D eigenvalue weighted by atomic mass is 79.9. The van der Waals surface area contributed by atoms with Gasteiger partial charge in [0.1, 0.15) is 6.04 Å². The van der Waals surface area contributed by atoms with Gasteiger partial charge in [-0.25, -0.2) is 4.79 Å². The Balaban J connectivity index is 1.70. The molecule has 140 valence electrons. The van der Waals surface area contributed by atoms with Crippen LogP contribution in [0.25, 0.3) is 0 Å². The lowest BCUT2D eigenvalue weighted by atomic mass is 10.2. The Bertz CT molecular complexity index is 981. The number of benzene rings is 1. The SMILES string of the molecule is CC(C(=O)O)n1cc(C(=O)Nc2nn(Cc3ccc(Br)cc3)cc2Br)cn1. The fraction of sp³-hybridized carbons (Fsp3) is 0.176. The number of amides is 1. The predicted molar refractivity (Wildman–Crippen MR) is 106 cm³/mol. The van der Waals surface area contributed by atoms with Crippen LogP contribution in [-0.4, -0.2) is 36.5 Å². The van der Waals surface area contributed by atoms with Gasteiger partial charge in [0.05, 0.1) is 22.8 Å². The quantitative estimate of drug-likeness (QED) is 0.543. The molecule has 2 N–H and O–H groups in total. The van der Waals surface area contributed by atoms with Crippen molar-refractivity contribution in [2.75, 3.05) is 5.32 Å². The summed E-state index contributed by atoms with van der Waals surface area (Å²) in [5, 5.41) is 20.0. The van der Waals surface area contributed by atoms with Gasteiger partial charge in [-0.05, 0) is 40.5 Å². The summed E-state index contributed by atoms with van der Waals surface area (Å²) in [6.07, 6.45) is 4.48. The van der Waals surface area contributed by atoms with Crippen molar-refractivity contribution in [3.63, 3.8) is 0 Å². The number of halogens is 2. The van der Waals surface area contributed by atoms with E-state index in [1.165, 1.54) is 24.0 Å². The predicted octanol–water partition coefficient (Wildman–Crippen LogP) is 3.55. The topological polar surface area (TPSA) is 102 Å². The van der Waals surface area contributed by atoms with Crippen LogP contribution in [0.2, 0.25) is 0 Å². The second kappa shape index (κ2) is 8.05. The van der Waals surface area contributed by atoms with Gasteiger partial charge in [-0.15, -0.1) is 0 Å². The maximum absolute atomic E-state index is 12.4. The van der Waals surface area contributed by atoms with Crippen LogP contribution in [-0.2, 0) is 11.3 Å². The highest BCUT2D eigenvalue weighted by molar-refractivity contribution is 9.10. The zero-order valence-electron chi connectivity index (χ0n) is 14.1. The average Bonchev–Trinajstić information content (AvgIpc) is 3.24. The van der Waals surface area contributed by atoms with E-state index in [1.54, 1.807) is 10.9 Å². The molecule has 10 heteroatoms. The second-order valence-corrected chi connectivity index (χ2v) is 7.60. The number of carboxylic acids is 1. The second-order valence-electron chi connectivity index (χ2n) is 5.83. The molecule has 0 aliphatic heterocycles. The lowest BCUT2D eigenvalue weighted by molar-refractivity contribution is -0.140. The number of anilines is 1. The van der Waals surface area contributed by atoms with Crippen LogP contribution >= 0.6 is 31.9 Å². The van der Waals surface area contributed by atoms with Gasteiger partial charge in [-0.1, -0.05) is 28.1 Å². The first kappa shape index (κ1) is 19.3. The Morgan fingerprint density at radius 1 is 1.22 bits per heavy atom. The Labute approximate surface area is 171 Å². The molecule has 0 bridgehead atoms. The zero-order valence-corrected chi connectivity index (χ0v) is 17.3. The molecule has 2 aromatic heterocycles. The number of aromatic nitrogens is 4. The molecule has 1 aromatic carbocycles. The third-order valence-corrected chi connectivity index (χ3v) is 4.93. The van der Waals surface area contributed by atoms with E-state index in [0.29, 0.717) is 16.8 Å². The summed E-state index contributed by atoms with van der Waals surface area (Å²) in [5.74, 6) is -1.08. The number of hydrogen-bond acceptors (Lipinski definition) is 4. The molecule has 0 aliphatic rings. The number of carbonyl (C=O) groups is 2. The maximum atomic E-state index is 12.4. The molecule has 0 radical (unpaired) electrons. The van der Waals surface area contributed by atoms with Crippen molar-refractivity contribution in [1.82, 2.24) is 19.6 Å². The molecule has 1 unspecified atom stereocenters. The molecular formula is C17H15Br2N5O3. The van der Waals surface area contributed by atoms with E-state index in [-0.39, 0.29) is 5.56 Å². The number of aliphatic carboxylic acids is 1. The zero-order chi connectivity index (χ0) is 19.6. The molecule has 1 atom stereocenters. The number of carboxylic acid groups (broad SMARTS) is 1. The van der Waals surface area contributed by atoms with Crippen molar-refractivity contribution in [3.05, 3.63) is 62.9 Å². The number of nitrogens with zero attached hydrogens (tertiary/aromatic N) is 4. The molecule has 0 saturated carbocycles. The fourth-order valence-electron chi connectivity index (χ4n) is 2.30. The van der Waals surface area contributed by atoms with Crippen LogP contribution in [0.15, 0.2) is 51.8 Å². The standard InChI is InChI=1S/C17H15Br2N5O3/c1-10(17(26)27)24-8-12(6-20-24)16(25)21-15-14(19)9-23(22-15)7-11-2-4-13(18)5-3-11/h2-6,8-10H,7H2,1H3,(H,26,27)(H,21,22,25). The van der Waals surface area contributed by atoms with Crippen molar-refractivity contribution in [3.8, 4) is 0 Å². The molecule has 1 amide bonds. The van der Waals surface area contributed by atoms with Crippen LogP contribution in [0.5, 0.6) is 0 Å². The van der Waals surface area contributed by atoms with Crippen molar-refractivity contribution >= 4 is 49.6 Å². The van der Waals surface area contributed by atoms with Gasteiger partial charge in [0, 0.05) is 16.9 Å². The molecule has 0 aliphatic carbocycles. The first-order valence-corrected chi connectivity index (χ1v) is 9.48. The van der Waals surface area contributed by atoms with Gasteiger partial charge in [0.25, 0.3) is 5.91 Å². The normalized spacial score (nSPS) is 12.0. The minimum atomic E-state index is -1.03. The van der Waals surface area contributed by atoms with Crippen molar-refractivity contribution in [1.29, 1.82) is 0 Å². The van der Waals surface area contributed by atoms with Crippen LogP contribution in [0.3, 0.4) is 0 Å². The number of rotatable bonds is 6. The Kier molecular flexibility index (Phi) is 5.76. The van der Waals surface area contributed by atoms with Crippen molar-refractivity contribution in [2.24, 2.45) is 0 Å². The first-order valence-electron chi connectivity index (χ1n) is 7.89. The highest BCUT2D eigenvalue weighted by Crippen LogP contribution is 2.22. The Morgan fingerprint density at radius 3 is 2.59 bits per heavy atom. The third-order valence-electron chi connectivity index (χ3n) is 3.82. The van der Waals surface area contributed by atoms with Gasteiger partial charge < -0.3 is 10.4 Å². The molecule has 27 heavy (non-hydrogen) atoms. The molecule has 0 spiro atoms. The molecule has 3 aromatic rings. The van der Waals surface area contributed by atoms with E-state index in [9.17, 15) is 9.59 Å². The van der Waals surface area contributed by atoms with Gasteiger partial charge >= 0.3 is 5.97 Å². The van der Waals surface area contributed by atoms with E-state index in [2.05, 4.69) is 47.4 Å². The van der Waals surface area contributed by atoms with Gasteiger partial charge in [0.15, 0.2) is 5.82 Å². The van der Waals surface area contributed by atoms with E-state index >= 15 is 0 Å². The largest absolute Gasteiger partial charge is 0.480 e. The summed E-state index contributed by atoms with van der Waals surface area (Å²) < 4.78 is 4.56. The lowest BCUT2D eigenvalue weighted by Crippen LogP contribution is -2.16. The van der Waals surface area contributed by atoms with E-state index in [4.69, 9.17) is 5.11 Å². The lowest BCUT2D eigenvalue weighted by Gasteiger charge is -2.05. The third kappa shape index (κ3) is 4.64. The summed E-state index contributed by atoms with van der Waals surface area (Å²) in [4.78, 5) is 23.4. The maximum Gasteiger partial charge on any atom is 0.328 e. The van der Waals surface area contributed by atoms with Gasteiger partial charge in [0.2, 0.25) is 0 Å². The molecule has 2 heterocycles. The first-order chi connectivity index (χ1) is 12.8. The molecule has 8 nitrogen and oxygen atoms in total. The minimum Gasteiger partial charge on any atom is -0.480 e. The molecule has 0 fully saturated rings. The summed E-state index contributed by atoms with van der Waals surface area (Å²) in [6.45, 7) is 2.03. The molecule has 0 saturated heterocycles. The van der Waals surface area contributed by atoms with Gasteiger partial charge in [-0.2, -0.15) is 10.2 Å². The smallest absolute Gasteiger partial charge is 0.328 e. The Morgan fingerprint density at radius 2 is 1.93 bits per heavy atom. The average molecular weight is 497 g/mol. The van der Waals surface area contributed by atoms with E-state index in [1.807, 2.05) is 24.3 Å². The van der Waals surface area contributed by atoms with Crippen molar-refractivity contribution in [2.45, 2.75) is 19.5 Å². The number of carbonyl (C=O) groups excluding carboxylic acids is 1. The summed E-state index contributed by atoms with van der Waals surface area (Å²) in [6, 6.07) is 7.01. The van der Waals surface area contributed by atoms with Crippen LogP contribution in [0.1, 0.15) is 28.9 Å². The molecule has 3 rings (SSSR count). The fourth-order valence-corrected chi connectivity index (χ4v) is 2.98. The van der Waals surface area contributed by atoms with E-state index < -0.39 is 17.9 Å². The van der Waals surface area contributed by atoms with Gasteiger partial charge in [-0.3, -0.25) is 14.2 Å². The summed E-state index contributed by atoms with van der Waals surface area (Å²) >= 11 is 6.78. The van der Waals surface area contributed by atoms with E-state index in [0.717, 1.165) is 10.0 Å². The summed E-state index contributed by atoms with van der Waals surface area (Å²) in [5.41, 5.74) is 1.31.